The highest BCUT2D eigenvalue weighted by Gasteiger charge is 2.35. The third kappa shape index (κ3) is 5.05. The van der Waals surface area contributed by atoms with Crippen LogP contribution in [0.5, 0.6) is 5.75 Å². The number of carbonyl (C=O) groups is 2. The number of hydrogen-bond acceptors (Lipinski definition) is 5. The molecular weight excluding hydrogens is 418 g/mol. The summed E-state index contributed by atoms with van der Waals surface area (Å²) in [5.41, 5.74) is 2.46. The van der Waals surface area contributed by atoms with Crippen molar-refractivity contribution in [3.05, 3.63) is 53.6 Å². The summed E-state index contributed by atoms with van der Waals surface area (Å²) in [6.45, 7) is 4.21. The summed E-state index contributed by atoms with van der Waals surface area (Å²) in [4.78, 5) is 24.7. The first kappa shape index (κ1) is 22.8. The molecule has 1 aliphatic heterocycles. The number of rotatable bonds is 6. The van der Waals surface area contributed by atoms with Crippen molar-refractivity contribution in [3.8, 4) is 5.75 Å². The summed E-state index contributed by atoms with van der Waals surface area (Å²) >= 11 is 0. The Morgan fingerprint density at radius 2 is 1.81 bits per heavy atom. The summed E-state index contributed by atoms with van der Waals surface area (Å²) in [6, 6.07) is 11.2. The molecule has 9 heteroatoms. The second kappa shape index (κ2) is 9.49. The molecule has 0 radical (unpaired) electrons. The van der Waals surface area contributed by atoms with Crippen LogP contribution < -0.4 is 15.4 Å². The average molecular weight is 446 g/mol. The van der Waals surface area contributed by atoms with Crippen LogP contribution >= 0.6 is 0 Å². The Balaban J connectivity index is 1.63. The number of ether oxygens (including phenoxy) is 1. The number of anilines is 1. The number of carbonyl (C=O) groups excluding carboxylic acids is 2. The summed E-state index contributed by atoms with van der Waals surface area (Å²) in [6.07, 6.45) is 1.29. The van der Waals surface area contributed by atoms with Gasteiger partial charge in [0.25, 0.3) is 0 Å². The van der Waals surface area contributed by atoms with E-state index in [4.69, 9.17) is 4.74 Å². The van der Waals surface area contributed by atoms with E-state index in [1.807, 2.05) is 19.9 Å². The Labute approximate surface area is 182 Å². The van der Waals surface area contributed by atoms with E-state index in [9.17, 15) is 18.0 Å². The predicted molar refractivity (Wildman–Crippen MR) is 117 cm³/mol. The maximum atomic E-state index is 13.0. The molecule has 1 atom stereocenters. The number of sulfonamides is 1. The molecule has 0 bridgehead atoms. The average Bonchev–Trinajstić information content (AvgIpc) is 3.25. The fourth-order valence-electron chi connectivity index (χ4n) is 3.57. The van der Waals surface area contributed by atoms with E-state index >= 15 is 0 Å². The van der Waals surface area contributed by atoms with Crippen molar-refractivity contribution >= 4 is 27.5 Å². The van der Waals surface area contributed by atoms with Crippen molar-refractivity contribution in [2.24, 2.45) is 0 Å². The van der Waals surface area contributed by atoms with Crippen LogP contribution in [0.15, 0.2) is 47.4 Å². The van der Waals surface area contributed by atoms with Gasteiger partial charge in [0.2, 0.25) is 10.0 Å². The highest BCUT2D eigenvalue weighted by atomic mass is 32.2. The van der Waals surface area contributed by atoms with Crippen LogP contribution in [0.3, 0.4) is 0 Å². The van der Waals surface area contributed by atoms with Gasteiger partial charge in [-0.05, 0) is 68.1 Å². The molecule has 1 unspecified atom stereocenters. The van der Waals surface area contributed by atoms with Crippen LogP contribution in [0.1, 0.15) is 24.0 Å². The van der Waals surface area contributed by atoms with Gasteiger partial charge in [0.1, 0.15) is 5.75 Å². The first-order chi connectivity index (χ1) is 14.7. The lowest BCUT2D eigenvalue weighted by molar-refractivity contribution is -0.136. The minimum atomic E-state index is -3.71. The van der Waals surface area contributed by atoms with E-state index in [2.05, 4.69) is 10.6 Å². The van der Waals surface area contributed by atoms with E-state index in [0.717, 1.165) is 11.1 Å². The first-order valence-electron chi connectivity index (χ1n) is 10.1. The number of benzene rings is 2. The minimum Gasteiger partial charge on any atom is -0.497 e. The smallest absolute Gasteiger partial charge is 0.313 e. The van der Waals surface area contributed by atoms with Crippen molar-refractivity contribution < 1.29 is 22.7 Å². The van der Waals surface area contributed by atoms with Gasteiger partial charge in [0.15, 0.2) is 0 Å². The monoisotopic (exact) mass is 445 g/mol. The van der Waals surface area contributed by atoms with E-state index < -0.39 is 27.9 Å². The lowest BCUT2D eigenvalue weighted by atomic mass is 10.1. The second-order valence-corrected chi connectivity index (χ2v) is 9.39. The third-order valence-corrected chi connectivity index (χ3v) is 7.51. The molecule has 3 rings (SSSR count). The molecule has 0 aliphatic carbocycles. The van der Waals surface area contributed by atoms with Crippen LogP contribution in [0.4, 0.5) is 5.69 Å². The number of nitrogens with one attached hydrogen (secondary N) is 2. The molecule has 1 saturated heterocycles. The zero-order valence-corrected chi connectivity index (χ0v) is 18.7. The molecule has 1 aliphatic rings. The van der Waals surface area contributed by atoms with Gasteiger partial charge in [0, 0.05) is 24.8 Å². The first-order valence-corrected chi connectivity index (χ1v) is 11.5. The Morgan fingerprint density at radius 3 is 2.48 bits per heavy atom. The molecule has 1 fully saturated rings. The summed E-state index contributed by atoms with van der Waals surface area (Å²) in [5, 5.41) is 5.18. The SMILES string of the molecule is COc1ccc(S(=O)(=O)N2CCCC2CNC(=O)C(=O)Nc2cccc(C)c2C)cc1. The lowest BCUT2D eigenvalue weighted by Gasteiger charge is -2.24. The second-order valence-electron chi connectivity index (χ2n) is 7.50. The van der Waals surface area contributed by atoms with E-state index in [1.165, 1.54) is 23.5 Å². The summed E-state index contributed by atoms with van der Waals surface area (Å²) in [7, 11) is -2.20. The Bertz CT molecular complexity index is 1070. The highest BCUT2D eigenvalue weighted by molar-refractivity contribution is 7.89. The minimum absolute atomic E-state index is 0.0639. The van der Waals surface area contributed by atoms with Gasteiger partial charge in [-0.25, -0.2) is 8.42 Å². The van der Waals surface area contributed by atoms with Crippen molar-refractivity contribution in [1.29, 1.82) is 0 Å². The molecule has 8 nitrogen and oxygen atoms in total. The predicted octanol–water partition coefficient (Wildman–Crippen LogP) is 2.22. The van der Waals surface area contributed by atoms with E-state index in [-0.39, 0.29) is 11.4 Å². The zero-order valence-electron chi connectivity index (χ0n) is 17.8. The highest BCUT2D eigenvalue weighted by Crippen LogP contribution is 2.27. The molecule has 0 saturated carbocycles. The molecule has 2 aromatic carbocycles. The molecule has 2 amide bonds. The van der Waals surface area contributed by atoms with Crippen LogP contribution in [0, 0.1) is 13.8 Å². The quantitative estimate of drug-likeness (QED) is 0.664. The van der Waals surface area contributed by atoms with Gasteiger partial charge in [-0.1, -0.05) is 12.1 Å². The molecule has 31 heavy (non-hydrogen) atoms. The van der Waals surface area contributed by atoms with Crippen LogP contribution in [-0.4, -0.2) is 50.8 Å². The van der Waals surface area contributed by atoms with Gasteiger partial charge in [-0.3, -0.25) is 9.59 Å². The van der Waals surface area contributed by atoms with Crippen LogP contribution in [-0.2, 0) is 19.6 Å². The largest absolute Gasteiger partial charge is 0.497 e. The molecule has 0 spiro atoms. The standard InChI is InChI=1S/C22H27N3O5S/c1-15-6-4-8-20(16(15)2)24-22(27)21(26)23-14-17-7-5-13-25(17)31(28,29)19-11-9-18(30-3)10-12-19/h4,6,8-12,17H,5,7,13-14H2,1-3H3,(H,23,26)(H,24,27). The van der Waals surface area contributed by atoms with Gasteiger partial charge < -0.3 is 15.4 Å². The van der Waals surface area contributed by atoms with Gasteiger partial charge in [-0.2, -0.15) is 4.31 Å². The van der Waals surface area contributed by atoms with Crippen LogP contribution in [0.2, 0.25) is 0 Å². The number of nitrogens with zero attached hydrogens (tertiary/aromatic N) is 1. The Hall–Kier alpha value is -2.91. The van der Waals surface area contributed by atoms with Crippen LogP contribution in [0.25, 0.3) is 0 Å². The Kier molecular flexibility index (Phi) is 6.97. The fraction of sp³-hybridized carbons (Fsp3) is 0.364. The number of amides is 2. The summed E-state index contributed by atoms with van der Waals surface area (Å²) in [5.74, 6) is -1.01. The van der Waals surface area contributed by atoms with Gasteiger partial charge in [0.05, 0.1) is 12.0 Å². The third-order valence-electron chi connectivity index (χ3n) is 5.55. The number of methoxy groups -OCH3 is 1. The van der Waals surface area contributed by atoms with Gasteiger partial charge in [-0.15, -0.1) is 0 Å². The van der Waals surface area contributed by atoms with Crippen molar-refractivity contribution in [2.75, 3.05) is 25.5 Å². The molecule has 166 valence electrons. The summed E-state index contributed by atoms with van der Waals surface area (Å²) < 4.78 is 32.5. The number of hydrogen-bond donors (Lipinski definition) is 2. The fourth-order valence-corrected chi connectivity index (χ4v) is 5.26. The number of aryl methyl sites for hydroxylation is 1. The molecule has 2 aromatic rings. The Morgan fingerprint density at radius 1 is 1.10 bits per heavy atom. The molecule has 1 heterocycles. The maximum Gasteiger partial charge on any atom is 0.313 e. The molecule has 2 N–H and O–H groups in total. The van der Waals surface area contributed by atoms with Crippen molar-refractivity contribution in [3.63, 3.8) is 0 Å². The van der Waals surface area contributed by atoms with Gasteiger partial charge >= 0.3 is 11.8 Å². The van der Waals surface area contributed by atoms with E-state index in [0.29, 0.717) is 30.8 Å². The maximum absolute atomic E-state index is 13.0. The van der Waals surface area contributed by atoms with Crippen molar-refractivity contribution in [2.45, 2.75) is 37.6 Å². The molecular formula is C22H27N3O5S. The van der Waals surface area contributed by atoms with Crippen molar-refractivity contribution in [1.82, 2.24) is 9.62 Å². The topological polar surface area (TPSA) is 105 Å². The normalized spacial score (nSPS) is 16.7. The lowest BCUT2D eigenvalue weighted by Crippen LogP contribution is -2.45. The molecule has 0 aromatic heterocycles. The van der Waals surface area contributed by atoms with E-state index in [1.54, 1.807) is 24.3 Å². The zero-order chi connectivity index (χ0) is 22.6.